The van der Waals surface area contributed by atoms with E-state index in [-0.39, 0.29) is 11.3 Å². The Morgan fingerprint density at radius 2 is 1.71 bits per heavy atom. The largest absolute Gasteiger partial charge is 0.479 e. The number of para-hydroxylation sites is 1. The van der Waals surface area contributed by atoms with Gasteiger partial charge in [-0.05, 0) is 30.7 Å². The molecule has 0 radical (unpaired) electrons. The molecule has 11 heteroatoms. The summed E-state index contributed by atoms with van der Waals surface area (Å²) in [7, 11) is 0. The average Bonchev–Trinajstić information content (AvgIpc) is 2.74. The van der Waals surface area contributed by atoms with E-state index in [0.29, 0.717) is 15.7 Å². The molecule has 2 aromatic carbocycles. The molecule has 1 saturated heterocycles. The molecule has 1 aliphatic heterocycles. The number of halogens is 2. The molecule has 3 rings (SSSR count). The summed E-state index contributed by atoms with van der Waals surface area (Å²) in [5.74, 6) is -2.58. The Morgan fingerprint density at radius 3 is 2.39 bits per heavy atom. The van der Waals surface area contributed by atoms with Gasteiger partial charge in [-0.15, -0.1) is 0 Å². The van der Waals surface area contributed by atoms with Crippen LogP contribution in [0.1, 0.15) is 15.9 Å². The molecule has 0 amide bonds. The van der Waals surface area contributed by atoms with E-state index < -0.39 is 42.6 Å². The van der Waals surface area contributed by atoms with Crippen molar-refractivity contribution in [3.63, 3.8) is 0 Å². The van der Waals surface area contributed by atoms with Gasteiger partial charge in [0.15, 0.2) is 6.10 Å². The Hall–Kier alpha value is -2.40. The van der Waals surface area contributed by atoms with Gasteiger partial charge in [0.25, 0.3) is 0 Å². The van der Waals surface area contributed by atoms with Gasteiger partial charge in [0.2, 0.25) is 6.29 Å². The number of carbonyl (C=O) groups excluding carboxylic acids is 1. The average molecular weight is 472 g/mol. The van der Waals surface area contributed by atoms with Crippen molar-refractivity contribution < 1.29 is 39.5 Å². The molecule has 1 fully saturated rings. The quantitative estimate of drug-likeness (QED) is 0.413. The van der Waals surface area contributed by atoms with Crippen molar-refractivity contribution in [1.82, 2.24) is 0 Å². The highest BCUT2D eigenvalue weighted by atomic mass is 35.5. The summed E-state index contributed by atoms with van der Waals surface area (Å²) in [5.41, 5.74) is 1.38. The number of hydrogen-bond acceptors (Lipinski definition) is 8. The predicted octanol–water partition coefficient (Wildman–Crippen LogP) is 2.09. The molecule has 31 heavy (non-hydrogen) atoms. The number of carboxylic acid groups (broad SMARTS) is 1. The molecule has 5 atom stereocenters. The van der Waals surface area contributed by atoms with E-state index in [0.717, 1.165) is 5.56 Å². The summed E-state index contributed by atoms with van der Waals surface area (Å²) >= 11 is 12.5. The van der Waals surface area contributed by atoms with Gasteiger partial charge in [0.05, 0.1) is 27.0 Å². The lowest BCUT2D eigenvalue weighted by Crippen LogP contribution is -2.60. The first kappa shape index (κ1) is 23.3. The van der Waals surface area contributed by atoms with E-state index in [4.69, 9.17) is 37.8 Å². The van der Waals surface area contributed by atoms with Crippen molar-refractivity contribution in [3.8, 4) is 0 Å². The van der Waals surface area contributed by atoms with Crippen LogP contribution in [0.2, 0.25) is 10.0 Å². The van der Waals surface area contributed by atoms with Crippen LogP contribution < -0.4 is 5.32 Å². The number of benzene rings is 2. The summed E-state index contributed by atoms with van der Waals surface area (Å²) in [6.07, 6.45) is -9.39. The third kappa shape index (κ3) is 4.77. The SMILES string of the molecule is Cc1ccc(Cl)c(Nc2ccccc2C(=O)OC2OC(C(=O)O)C(O)C(O)C2O)c1Cl. The fourth-order valence-electron chi connectivity index (χ4n) is 2.99. The maximum absolute atomic E-state index is 12.8. The van der Waals surface area contributed by atoms with Gasteiger partial charge < -0.3 is 35.2 Å². The van der Waals surface area contributed by atoms with Crippen LogP contribution in [0.15, 0.2) is 36.4 Å². The number of aliphatic hydroxyl groups is 3. The van der Waals surface area contributed by atoms with Crippen LogP contribution >= 0.6 is 23.2 Å². The monoisotopic (exact) mass is 471 g/mol. The molecule has 0 saturated carbocycles. The predicted molar refractivity (Wildman–Crippen MR) is 111 cm³/mol. The topological polar surface area (TPSA) is 146 Å². The van der Waals surface area contributed by atoms with E-state index in [2.05, 4.69) is 5.32 Å². The van der Waals surface area contributed by atoms with Crippen LogP contribution in [0.3, 0.4) is 0 Å². The smallest absolute Gasteiger partial charge is 0.342 e. The number of esters is 1. The molecule has 0 aromatic heterocycles. The van der Waals surface area contributed by atoms with Gasteiger partial charge in [-0.3, -0.25) is 0 Å². The van der Waals surface area contributed by atoms with E-state index in [1.807, 2.05) is 0 Å². The molecule has 1 heterocycles. The van der Waals surface area contributed by atoms with Crippen molar-refractivity contribution in [3.05, 3.63) is 57.6 Å². The Labute approximate surface area is 186 Å². The minimum absolute atomic E-state index is 0.000531. The molecule has 166 valence electrons. The lowest BCUT2D eigenvalue weighted by molar-refractivity contribution is -0.278. The van der Waals surface area contributed by atoms with Crippen molar-refractivity contribution in [1.29, 1.82) is 0 Å². The Morgan fingerprint density at radius 1 is 1.03 bits per heavy atom. The maximum atomic E-state index is 12.8. The number of carboxylic acids is 1. The first-order chi connectivity index (χ1) is 14.6. The van der Waals surface area contributed by atoms with Crippen LogP contribution in [0, 0.1) is 6.92 Å². The lowest BCUT2D eigenvalue weighted by Gasteiger charge is -2.38. The summed E-state index contributed by atoms with van der Waals surface area (Å²) in [6.45, 7) is 1.78. The van der Waals surface area contributed by atoms with Gasteiger partial charge in [0.1, 0.15) is 18.3 Å². The highest BCUT2D eigenvalue weighted by Crippen LogP contribution is 2.36. The minimum Gasteiger partial charge on any atom is -0.479 e. The number of nitrogens with one attached hydrogen (secondary N) is 1. The molecule has 5 unspecified atom stereocenters. The molecule has 0 bridgehead atoms. The van der Waals surface area contributed by atoms with Gasteiger partial charge >= 0.3 is 11.9 Å². The van der Waals surface area contributed by atoms with Crippen LogP contribution in [-0.4, -0.2) is 63.1 Å². The molecular formula is C20H19Cl2NO8. The lowest BCUT2D eigenvalue weighted by atomic mass is 9.99. The number of hydrogen-bond donors (Lipinski definition) is 5. The van der Waals surface area contributed by atoms with Gasteiger partial charge in [-0.1, -0.05) is 41.4 Å². The van der Waals surface area contributed by atoms with E-state index in [1.54, 1.807) is 37.3 Å². The molecule has 5 N–H and O–H groups in total. The Balaban J connectivity index is 1.85. The van der Waals surface area contributed by atoms with Crippen LogP contribution in [-0.2, 0) is 14.3 Å². The zero-order valence-electron chi connectivity index (χ0n) is 16.0. The summed E-state index contributed by atoms with van der Waals surface area (Å²) in [4.78, 5) is 24.0. The second-order valence-electron chi connectivity index (χ2n) is 6.86. The fourth-order valence-corrected chi connectivity index (χ4v) is 3.46. The van der Waals surface area contributed by atoms with Crippen molar-refractivity contribution in [2.75, 3.05) is 5.32 Å². The minimum atomic E-state index is -1.90. The van der Waals surface area contributed by atoms with Crippen LogP contribution in [0.25, 0.3) is 0 Å². The highest BCUT2D eigenvalue weighted by Gasteiger charge is 2.48. The second-order valence-corrected chi connectivity index (χ2v) is 7.65. The Bertz CT molecular complexity index is 1000. The first-order valence-electron chi connectivity index (χ1n) is 9.06. The zero-order valence-corrected chi connectivity index (χ0v) is 17.5. The third-order valence-corrected chi connectivity index (χ3v) is 5.53. The van der Waals surface area contributed by atoms with E-state index in [9.17, 15) is 24.9 Å². The van der Waals surface area contributed by atoms with Crippen LogP contribution in [0.5, 0.6) is 0 Å². The summed E-state index contributed by atoms with van der Waals surface area (Å²) < 4.78 is 10.1. The number of aliphatic carboxylic acids is 1. The number of ether oxygens (including phenoxy) is 2. The van der Waals surface area contributed by atoms with E-state index in [1.165, 1.54) is 6.07 Å². The van der Waals surface area contributed by atoms with E-state index >= 15 is 0 Å². The van der Waals surface area contributed by atoms with Gasteiger partial charge in [-0.25, -0.2) is 9.59 Å². The summed E-state index contributed by atoms with van der Waals surface area (Å²) in [6, 6.07) is 9.54. The highest BCUT2D eigenvalue weighted by molar-refractivity contribution is 6.39. The Kier molecular flexibility index (Phi) is 7.05. The van der Waals surface area contributed by atoms with Gasteiger partial charge in [-0.2, -0.15) is 0 Å². The molecule has 0 aliphatic carbocycles. The normalized spacial score (nSPS) is 25.7. The molecule has 0 spiro atoms. The number of rotatable bonds is 5. The van der Waals surface area contributed by atoms with Gasteiger partial charge in [0, 0.05) is 0 Å². The molecule has 9 nitrogen and oxygen atoms in total. The van der Waals surface area contributed by atoms with Crippen molar-refractivity contribution in [2.45, 2.75) is 37.6 Å². The first-order valence-corrected chi connectivity index (χ1v) is 9.81. The molecule has 2 aromatic rings. The fraction of sp³-hybridized carbons (Fsp3) is 0.300. The van der Waals surface area contributed by atoms with Crippen LogP contribution in [0.4, 0.5) is 11.4 Å². The second kappa shape index (κ2) is 9.39. The number of aliphatic hydroxyl groups excluding tert-OH is 3. The number of anilines is 2. The number of aryl methyl sites for hydroxylation is 1. The summed E-state index contributed by atoms with van der Waals surface area (Å²) in [5, 5.41) is 42.4. The molecular weight excluding hydrogens is 453 g/mol. The zero-order chi connectivity index (χ0) is 22.9. The van der Waals surface area contributed by atoms with Crippen molar-refractivity contribution >= 4 is 46.5 Å². The third-order valence-electron chi connectivity index (χ3n) is 4.73. The standard InChI is InChI=1S/C20H19Cl2NO8/c1-8-6-7-10(21)13(12(8)22)23-11-5-3-2-4-9(11)19(29)31-20-16(26)14(24)15(25)17(30-20)18(27)28/h2-7,14-17,20,23-26H,1H3,(H,27,28). The molecule has 1 aliphatic rings. The number of carbonyl (C=O) groups is 2. The van der Waals surface area contributed by atoms with Crippen molar-refractivity contribution in [2.24, 2.45) is 0 Å². The maximum Gasteiger partial charge on any atom is 0.342 e.